The average molecular weight is 408 g/mol. The Morgan fingerprint density at radius 2 is 2.17 bits per heavy atom. The highest BCUT2D eigenvalue weighted by Crippen LogP contribution is 2.23. The molecule has 1 aromatic heterocycles. The van der Waals surface area contributed by atoms with Crippen LogP contribution in [0.4, 0.5) is 0 Å². The van der Waals surface area contributed by atoms with E-state index in [4.69, 9.17) is 5.73 Å². The van der Waals surface area contributed by atoms with Crippen molar-refractivity contribution in [3.63, 3.8) is 0 Å². The monoisotopic (exact) mass is 407 g/mol. The third kappa shape index (κ3) is 4.65. The van der Waals surface area contributed by atoms with Gasteiger partial charge in [0.2, 0.25) is 0 Å². The molecule has 2 aromatic rings. The van der Waals surface area contributed by atoms with Crippen molar-refractivity contribution >= 4 is 24.7 Å². The predicted octanol–water partition coefficient (Wildman–Crippen LogP) is 1.94. The van der Waals surface area contributed by atoms with Crippen molar-refractivity contribution in [1.29, 1.82) is 0 Å². The van der Waals surface area contributed by atoms with Gasteiger partial charge in [-0.1, -0.05) is 12.1 Å². The molecular formula is C22H29N7O. The predicted molar refractivity (Wildman–Crippen MR) is 121 cm³/mol. The summed E-state index contributed by atoms with van der Waals surface area (Å²) in [6, 6.07) is 4.47. The molecule has 0 saturated carbocycles. The maximum Gasteiger partial charge on any atom is 0.256 e. The van der Waals surface area contributed by atoms with E-state index in [1.165, 1.54) is 38.0 Å². The summed E-state index contributed by atoms with van der Waals surface area (Å²) >= 11 is 0. The van der Waals surface area contributed by atoms with Gasteiger partial charge in [-0.05, 0) is 49.4 Å². The number of hydrogen-bond acceptors (Lipinski definition) is 6. The summed E-state index contributed by atoms with van der Waals surface area (Å²) in [6.07, 6.45) is 6.56. The number of aryl methyl sites for hydroxylation is 1. The molecule has 0 saturated heterocycles. The molecule has 0 unspecified atom stereocenters. The van der Waals surface area contributed by atoms with Crippen LogP contribution in [0.2, 0.25) is 0 Å². The number of benzene rings is 1. The number of fused-ring (bicyclic) bond motifs is 1. The molecule has 0 fully saturated rings. The zero-order valence-electron chi connectivity index (χ0n) is 18.1. The lowest BCUT2D eigenvalue weighted by Gasteiger charge is -2.26. The lowest BCUT2D eigenvalue weighted by Crippen LogP contribution is -2.27. The number of carbonyl (C=O) groups excluding carboxylic acids is 1. The third-order valence-corrected chi connectivity index (χ3v) is 5.20. The van der Waals surface area contributed by atoms with Crippen LogP contribution >= 0.6 is 0 Å². The molecule has 1 aromatic carbocycles. The molecule has 2 N–H and O–H groups in total. The molecule has 0 atom stereocenters. The Balaban J connectivity index is 1.77. The van der Waals surface area contributed by atoms with Crippen molar-refractivity contribution < 1.29 is 4.79 Å². The first-order chi connectivity index (χ1) is 14.3. The van der Waals surface area contributed by atoms with Gasteiger partial charge >= 0.3 is 0 Å². The van der Waals surface area contributed by atoms with Crippen molar-refractivity contribution in [3.8, 4) is 0 Å². The number of amides is 1. The van der Waals surface area contributed by atoms with Gasteiger partial charge in [-0.15, -0.1) is 0 Å². The summed E-state index contributed by atoms with van der Waals surface area (Å²) in [5.41, 5.74) is 11.9. The normalized spacial score (nSPS) is 15.1. The topological polar surface area (TPSA) is 92.1 Å². The zero-order valence-corrected chi connectivity index (χ0v) is 18.1. The summed E-state index contributed by atoms with van der Waals surface area (Å²) in [6.45, 7) is 7.80. The molecule has 0 bridgehead atoms. The second-order valence-electron chi connectivity index (χ2n) is 7.79. The molecule has 8 heteroatoms. The fraction of sp³-hybridized carbons (Fsp3) is 0.364. The van der Waals surface area contributed by atoms with Crippen molar-refractivity contribution in [2.75, 3.05) is 27.7 Å². The minimum Gasteiger partial charge on any atom is -0.381 e. The van der Waals surface area contributed by atoms with E-state index in [0.717, 1.165) is 19.5 Å². The number of likely N-dealkylation sites (N-methyl/N-ethyl adjacent to an activating group) is 1. The van der Waals surface area contributed by atoms with E-state index in [1.807, 2.05) is 0 Å². The number of carbonyl (C=O) groups is 1. The molecule has 30 heavy (non-hydrogen) atoms. The maximum absolute atomic E-state index is 12.1. The summed E-state index contributed by atoms with van der Waals surface area (Å²) in [4.78, 5) is 24.2. The van der Waals surface area contributed by atoms with Gasteiger partial charge in [0.15, 0.2) is 11.6 Å². The number of hydrogen-bond donors (Lipinski definition) is 1. The smallest absolute Gasteiger partial charge is 0.256 e. The van der Waals surface area contributed by atoms with Gasteiger partial charge < -0.3 is 15.5 Å². The van der Waals surface area contributed by atoms with E-state index in [-0.39, 0.29) is 17.5 Å². The fourth-order valence-corrected chi connectivity index (χ4v) is 3.65. The first-order valence-electron chi connectivity index (χ1n) is 9.85. The molecule has 158 valence electrons. The molecule has 1 aliphatic rings. The second-order valence-corrected chi connectivity index (χ2v) is 7.79. The van der Waals surface area contributed by atoms with Gasteiger partial charge in [0.05, 0.1) is 11.8 Å². The maximum atomic E-state index is 12.1. The third-order valence-electron chi connectivity index (χ3n) is 5.20. The van der Waals surface area contributed by atoms with Gasteiger partial charge in [0, 0.05) is 46.0 Å². The number of aliphatic imine (C=N–C) groups is 2. The average Bonchev–Trinajstić information content (AvgIpc) is 3.17. The van der Waals surface area contributed by atoms with Gasteiger partial charge in [0.25, 0.3) is 5.91 Å². The van der Waals surface area contributed by atoms with Crippen LogP contribution in [0.15, 0.2) is 40.3 Å². The minimum atomic E-state index is -0.153. The van der Waals surface area contributed by atoms with Gasteiger partial charge in [-0.3, -0.25) is 4.79 Å². The molecule has 2 heterocycles. The summed E-state index contributed by atoms with van der Waals surface area (Å²) < 4.78 is 1.41. The highest BCUT2D eigenvalue weighted by Gasteiger charge is 2.16. The van der Waals surface area contributed by atoms with E-state index in [1.54, 1.807) is 26.5 Å². The molecule has 1 amide bonds. The Kier molecular flexibility index (Phi) is 6.47. The Bertz CT molecular complexity index is 1020. The molecule has 8 nitrogen and oxygen atoms in total. The van der Waals surface area contributed by atoms with E-state index < -0.39 is 0 Å². The van der Waals surface area contributed by atoms with Crippen LogP contribution in [0, 0.1) is 6.92 Å². The molecule has 0 aliphatic carbocycles. The number of aromatic nitrogens is 2. The zero-order chi connectivity index (χ0) is 21.8. The lowest BCUT2D eigenvalue weighted by molar-refractivity contribution is 0.0827. The van der Waals surface area contributed by atoms with Crippen LogP contribution in [-0.2, 0) is 19.4 Å². The molecular weight excluding hydrogens is 378 g/mol. The molecule has 0 radical (unpaired) electrons. The molecule has 0 spiro atoms. The van der Waals surface area contributed by atoms with Crippen molar-refractivity contribution in [2.45, 2.75) is 26.3 Å². The Hall–Kier alpha value is -3.26. The lowest BCUT2D eigenvalue weighted by atomic mass is 9.92. The highest BCUT2D eigenvalue weighted by atomic mass is 16.2. The molecule has 3 rings (SSSR count). The van der Waals surface area contributed by atoms with Crippen molar-refractivity contribution in [2.24, 2.45) is 15.7 Å². The first kappa shape index (κ1) is 21.4. The fourth-order valence-electron chi connectivity index (χ4n) is 3.65. The van der Waals surface area contributed by atoms with Crippen LogP contribution in [0.1, 0.15) is 32.6 Å². The van der Waals surface area contributed by atoms with Gasteiger partial charge in [-0.2, -0.15) is 5.10 Å². The van der Waals surface area contributed by atoms with Crippen LogP contribution in [-0.4, -0.2) is 66.1 Å². The van der Waals surface area contributed by atoms with Crippen LogP contribution < -0.4 is 5.73 Å². The van der Waals surface area contributed by atoms with Crippen molar-refractivity contribution in [3.05, 3.63) is 58.2 Å². The second kappa shape index (κ2) is 9.04. The van der Waals surface area contributed by atoms with Crippen molar-refractivity contribution in [1.82, 2.24) is 19.6 Å². The van der Waals surface area contributed by atoms with Crippen LogP contribution in [0.25, 0.3) is 5.82 Å². The van der Waals surface area contributed by atoms with E-state index in [2.05, 4.69) is 52.8 Å². The minimum absolute atomic E-state index is 0.153. The number of rotatable bonds is 6. The number of nitrogens with zero attached hydrogens (tertiary/aromatic N) is 6. The highest BCUT2D eigenvalue weighted by molar-refractivity contribution is 5.93. The Morgan fingerprint density at radius 1 is 1.40 bits per heavy atom. The van der Waals surface area contributed by atoms with E-state index in [9.17, 15) is 4.79 Å². The quantitative estimate of drug-likeness (QED) is 0.741. The summed E-state index contributed by atoms with van der Waals surface area (Å²) in [5, 5.41) is 4.16. The summed E-state index contributed by atoms with van der Waals surface area (Å²) in [5.74, 6) is 0.318. The summed E-state index contributed by atoms with van der Waals surface area (Å²) in [7, 11) is 5.51. The first-order valence-corrected chi connectivity index (χ1v) is 9.85. The van der Waals surface area contributed by atoms with Gasteiger partial charge in [-0.25, -0.2) is 14.7 Å². The Morgan fingerprint density at radius 3 is 2.87 bits per heavy atom. The van der Waals surface area contributed by atoms with Crippen LogP contribution in [0.3, 0.4) is 0 Å². The van der Waals surface area contributed by atoms with E-state index >= 15 is 0 Å². The molecule has 1 aliphatic heterocycles. The number of nitrogens with two attached hydrogens (primary N) is 1. The standard InChI is InChI=1S/C22H29N7O/c1-15-10-16(11-17-13-28(5)9-7-19(15)17)6-8-25-20(23)21(24-2)29-14-18(12-26-29)22(30)27(3)4/h8,10-12,14H,2,6-7,9,13,23H2,1,3-5H3/b21-20+,25-8-. The van der Waals surface area contributed by atoms with Gasteiger partial charge in [0.1, 0.15) is 0 Å². The Labute approximate surface area is 177 Å². The largest absolute Gasteiger partial charge is 0.381 e. The van der Waals surface area contributed by atoms with Crippen LogP contribution in [0.5, 0.6) is 0 Å². The van der Waals surface area contributed by atoms with E-state index in [0.29, 0.717) is 12.0 Å². The SMILES string of the molecule is C=N/C(=C(N)\N=C/Cc1cc(C)c2c(c1)CN(C)CC2)n1cc(C(=O)N(C)C)cn1.